The maximum atomic E-state index is 13.0. The van der Waals surface area contributed by atoms with Crippen LogP contribution in [-0.4, -0.2) is 41.9 Å². The molecule has 0 unspecified atom stereocenters. The summed E-state index contributed by atoms with van der Waals surface area (Å²) in [5.41, 5.74) is 0.610. The van der Waals surface area contributed by atoms with Crippen molar-refractivity contribution in [1.82, 2.24) is 4.90 Å². The first-order chi connectivity index (χ1) is 10.9. The Bertz CT molecular complexity index is 618. The van der Waals surface area contributed by atoms with E-state index in [-0.39, 0.29) is 11.8 Å². The van der Waals surface area contributed by atoms with Crippen molar-refractivity contribution >= 4 is 23.2 Å². The summed E-state index contributed by atoms with van der Waals surface area (Å²) in [5, 5.41) is 2.90. The fourth-order valence-electron chi connectivity index (χ4n) is 3.38. The van der Waals surface area contributed by atoms with Crippen LogP contribution in [0.3, 0.4) is 0 Å². The highest BCUT2D eigenvalue weighted by Gasteiger charge is 2.43. The van der Waals surface area contributed by atoms with E-state index in [2.05, 4.69) is 17.1 Å². The first-order valence-corrected chi connectivity index (χ1v) is 8.35. The number of nitrogens with one attached hydrogen (secondary N) is 1. The van der Waals surface area contributed by atoms with Gasteiger partial charge in [0.2, 0.25) is 11.8 Å². The number of likely N-dealkylation sites (tertiary alicyclic amines) is 1. The molecule has 2 amide bonds. The van der Waals surface area contributed by atoms with E-state index in [1.807, 2.05) is 24.3 Å². The summed E-state index contributed by atoms with van der Waals surface area (Å²) in [7, 11) is 0. The minimum atomic E-state index is -0.880. The Morgan fingerprint density at radius 2 is 1.91 bits per heavy atom. The summed E-state index contributed by atoms with van der Waals surface area (Å²) < 4.78 is 0. The van der Waals surface area contributed by atoms with Gasteiger partial charge >= 0.3 is 0 Å². The molecule has 2 heterocycles. The van der Waals surface area contributed by atoms with Crippen LogP contribution in [0, 0.1) is 5.92 Å². The van der Waals surface area contributed by atoms with Gasteiger partial charge in [-0.25, -0.2) is 0 Å². The fraction of sp³-hybridized carbons (Fsp3) is 0.556. The molecule has 0 bridgehead atoms. The molecule has 0 atom stereocenters. The van der Waals surface area contributed by atoms with Crippen molar-refractivity contribution in [3.8, 4) is 0 Å². The molecule has 5 nitrogen and oxygen atoms in total. The number of para-hydroxylation sites is 2. The molecule has 1 fully saturated rings. The molecule has 2 aliphatic rings. The Morgan fingerprint density at radius 1 is 1.26 bits per heavy atom. The van der Waals surface area contributed by atoms with Crippen LogP contribution in [0.5, 0.6) is 0 Å². The monoisotopic (exact) mass is 315 g/mol. The summed E-state index contributed by atoms with van der Waals surface area (Å²) in [5.74, 6) is 0.586. The second kappa shape index (κ2) is 5.96. The van der Waals surface area contributed by atoms with Gasteiger partial charge < -0.3 is 5.32 Å². The van der Waals surface area contributed by atoms with E-state index in [1.165, 1.54) is 0 Å². The van der Waals surface area contributed by atoms with Gasteiger partial charge in [0, 0.05) is 0 Å². The predicted molar refractivity (Wildman–Crippen MR) is 91.5 cm³/mol. The number of anilines is 2. The fourth-order valence-corrected chi connectivity index (χ4v) is 3.38. The number of nitrogens with zero attached hydrogens (tertiary/aromatic N) is 2. The zero-order valence-corrected chi connectivity index (χ0v) is 14.1. The van der Waals surface area contributed by atoms with Gasteiger partial charge in [0.05, 0.1) is 17.9 Å². The number of fused-ring (bicyclic) bond motifs is 1. The van der Waals surface area contributed by atoms with Gasteiger partial charge in [-0.15, -0.1) is 0 Å². The van der Waals surface area contributed by atoms with E-state index in [0.29, 0.717) is 12.2 Å². The molecule has 5 heteroatoms. The molecule has 23 heavy (non-hydrogen) atoms. The maximum absolute atomic E-state index is 13.0. The summed E-state index contributed by atoms with van der Waals surface area (Å²) in [6, 6.07) is 7.50. The number of rotatable bonds is 2. The molecule has 1 N–H and O–H groups in total. The van der Waals surface area contributed by atoms with E-state index >= 15 is 0 Å². The average molecular weight is 315 g/mol. The third-order valence-corrected chi connectivity index (χ3v) is 4.99. The Hall–Kier alpha value is -1.88. The van der Waals surface area contributed by atoms with Crippen LogP contribution < -0.4 is 10.2 Å². The van der Waals surface area contributed by atoms with E-state index in [1.54, 1.807) is 18.7 Å². The highest BCUT2D eigenvalue weighted by molar-refractivity contribution is 6.14. The van der Waals surface area contributed by atoms with Crippen molar-refractivity contribution in [3.63, 3.8) is 0 Å². The smallest absolute Gasteiger partial charge is 0.250 e. The van der Waals surface area contributed by atoms with Crippen molar-refractivity contribution in [2.24, 2.45) is 5.92 Å². The van der Waals surface area contributed by atoms with E-state index in [0.717, 1.165) is 37.5 Å². The van der Waals surface area contributed by atoms with E-state index in [4.69, 9.17) is 0 Å². The molecular formula is C18H25N3O2. The van der Waals surface area contributed by atoms with Crippen LogP contribution in [0.4, 0.5) is 11.4 Å². The normalized spacial score (nSPS) is 21.7. The Kier molecular flexibility index (Phi) is 4.15. The van der Waals surface area contributed by atoms with Gasteiger partial charge in [0.1, 0.15) is 5.54 Å². The average Bonchev–Trinajstić information content (AvgIpc) is 2.50. The molecule has 1 aromatic carbocycles. The molecule has 0 spiro atoms. The molecular weight excluding hydrogens is 290 g/mol. The molecule has 1 saturated heterocycles. The summed E-state index contributed by atoms with van der Waals surface area (Å²) >= 11 is 0. The number of hydrogen-bond acceptors (Lipinski definition) is 3. The third-order valence-electron chi connectivity index (χ3n) is 4.99. The van der Waals surface area contributed by atoms with Gasteiger partial charge in [-0.1, -0.05) is 19.1 Å². The molecule has 0 aromatic heterocycles. The zero-order valence-electron chi connectivity index (χ0n) is 14.1. The maximum Gasteiger partial charge on any atom is 0.250 e. The van der Waals surface area contributed by atoms with Gasteiger partial charge in [0.15, 0.2) is 0 Å². The van der Waals surface area contributed by atoms with E-state index < -0.39 is 5.54 Å². The summed E-state index contributed by atoms with van der Waals surface area (Å²) in [4.78, 5) is 29.3. The van der Waals surface area contributed by atoms with Crippen LogP contribution in [0.1, 0.15) is 33.6 Å². The van der Waals surface area contributed by atoms with Crippen molar-refractivity contribution in [2.45, 2.75) is 39.2 Å². The number of piperidine rings is 1. The highest BCUT2D eigenvalue weighted by Crippen LogP contribution is 2.36. The molecule has 0 radical (unpaired) electrons. The Balaban J connectivity index is 1.84. The lowest BCUT2D eigenvalue weighted by atomic mass is 9.95. The molecule has 3 rings (SSSR count). The number of benzene rings is 1. The lowest BCUT2D eigenvalue weighted by Crippen LogP contribution is -2.60. The quantitative estimate of drug-likeness (QED) is 0.912. The van der Waals surface area contributed by atoms with Gasteiger partial charge in [0.25, 0.3) is 0 Å². The lowest BCUT2D eigenvalue weighted by molar-refractivity contribution is -0.127. The number of carbonyl (C=O) groups is 2. The summed E-state index contributed by atoms with van der Waals surface area (Å²) in [6.07, 6.45) is 2.27. The predicted octanol–water partition coefficient (Wildman–Crippen LogP) is 2.48. The van der Waals surface area contributed by atoms with Crippen molar-refractivity contribution in [2.75, 3.05) is 29.9 Å². The highest BCUT2D eigenvalue weighted by atomic mass is 16.2. The van der Waals surface area contributed by atoms with Crippen molar-refractivity contribution in [1.29, 1.82) is 0 Å². The Morgan fingerprint density at radius 3 is 2.61 bits per heavy atom. The minimum Gasteiger partial charge on any atom is -0.322 e. The third kappa shape index (κ3) is 2.98. The number of amides is 2. The van der Waals surface area contributed by atoms with E-state index in [9.17, 15) is 9.59 Å². The molecule has 2 aliphatic heterocycles. The van der Waals surface area contributed by atoms with Crippen molar-refractivity contribution < 1.29 is 9.59 Å². The lowest BCUT2D eigenvalue weighted by Gasteiger charge is -2.43. The van der Waals surface area contributed by atoms with Gasteiger partial charge in [-0.05, 0) is 57.8 Å². The molecule has 124 valence electrons. The standard InChI is InChI=1S/C18H25N3O2/c1-13-8-10-20(11-9-13)12-16(22)21-15-7-5-4-6-14(15)19-17(23)18(21,2)3/h4-7,13H,8-12H2,1-3H3,(H,19,23). The molecule has 0 saturated carbocycles. The first-order valence-electron chi connectivity index (χ1n) is 8.35. The minimum absolute atomic E-state index is 0.00754. The topological polar surface area (TPSA) is 52.7 Å². The summed E-state index contributed by atoms with van der Waals surface area (Å²) in [6.45, 7) is 8.14. The zero-order chi connectivity index (χ0) is 16.6. The van der Waals surface area contributed by atoms with Crippen molar-refractivity contribution in [3.05, 3.63) is 24.3 Å². The Labute approximate surface area is 137 Å². The number of carbonyl (C=O) groups excluding carboxylic acids is 2. The number of hydrogen-bond donors (Lipinski definition) is 1. The largest absolute Gasteiger partial charge is 0.322 e. The van der Waals surface area contributed by atoms with Crippen LogP contribution in [0.25, 0.3) is 0 Å². The first kappa shape index (κ1) is 16.0. The van der Waals surface area contributed by atoms with Crippen LogP contribution in [0.15, 0.2) is 24.3 Å². The second-order valence-corrected chi connectivity index (χ2v) is 7.22. The second-order valence-electron chi connectivity index (χ2n) is 7.22. The van der Waals surface area contributed by atoms with Gasteiger partial charge in [-0.3, -0.25) is 19.4 Å². The van der Waals surface area contributed by atoms with Crippen LogP contribution in [-0.2, 0) is 9.59 Å². The molecule has 0 aliphatic carbocycles. The van der Waals surface area contributed by atoms with Crippen LogP contribution >= 0.6 is 0 Å². The van der Waals surface area contributed by atoms with Crippen LogP contribution in [0.2, 0.25) is 0 Å². The molecule has 1 aromatic rings. The van der Waals surface area contributed by atoms with Gasteiger partial charge in [-0.2, -0.15) is 0 Å². The SMILES string of the molecule is CC1CCN(CC(=O)N2c3ccccc3NC(=O)C2(C)C)CC1.